The molecule has 1 aromatic rings. The van der Waals surface area contributed by atoms with Crippen LogP contribution in [-0.4, -0.2) is 54.4 Å². The smallest absolute Gasteiger partial charge is 0.257 e. The molecule has 3 rings (SSSR count). The third-order valence-corrected chi connectivity index (χ3v) is 5.42. The standard InChI is InChI=1S/C19H25ClN2O3/c1-25-17-13-14(20)7-8-16(17)19(24)22-11-3-2-5-15(22)9-12-21-10-4-6-18(21)23/h7-8,13,15H,2-6,9-12H2,1H3/t15-/m0/s1. The Bertz CT molecular complexity index is 650. The number of methoxy groups -OCH3 is 1. The maximum absolute atomic E-state index is 13.1. The second-order valence-corrected chi connectivity index (χ2v) is 7.20. The number of hydrogen-bond donors (Lipinski definition) is 0. The third kappa shape index (κ3) is 4.09. The van der Waals surface area contributed by atoms with Crippen LogP contribution in [-0.2, 0) is 4.79 Å². The number of rotatable bonds is 5. The van der Waals surface area contributed by atoms with E-state index in [1.807, 2.05) is 9.80 Å². The molecule has 6 heteroatoms. The Morgan fingerprint density at radius 3 is 2.84 bits per heavy atom. The van der Waals surface area contributed by atoms with Crippen LogP contribution in [0.1, 0.15) is 48.9 Å². The lowest BCUT2D eigenvalue weighted by Crippen LogP contribution is -2.45. The highest BCUT2D eigenvalue weighted by Crippen LogP contribution is 2.28. The molecule has 0 bridgehead atoms. The molecule has 5 nitrogen and oxygen atoms in total. The topological polar surface area (TPSA) is 49.9 Å². The van der Waals surface area contributed by atoms with Crippen LogP contribution in [0.2, 0.25) is 5.02 Å². The van der Waals surface area contributed by atoms with Crippen molar-refractivity contribution in [3.8, 4) is 5.75 Å². The van der Waals surface area contributed by atoms with Gasteiger partial charge in [0.1, 0.15) is 5.75 Å². The summed E-state index contributed by atoms with van der Waals surface area (Å²) in [5.41, 5.74) is 0.552. The minimum absolute atomic E-state index is 0.00837. The fourth-order valence-electron chi connectivity index (χ4n) is 3.81. The Morgan fingerprint density at radius 2 is 2.12 bits per heavy atom. The zero-order chi connectivity index (χ0) is 17.8. The van der Waals surface area contributed by atoms with E-state index in [-0.39, 0.29) is 17.9 Å². The van der Waals surface area contributed by atoms with Gasteiger partial charge in [0.2, 0.25) is 5.91 Å². The number of hydrogen-bond acceptors (Lipinski definition) is 3. The van der Waals surface area contributed by atoms with Crippen molar-refractivity contribution in [3.63, 3.8) is 0 Å². The Labute approximate surface area is 153 Å². The second-order valence-electron chi connectivity index (χ2n) is 6.77. The van der Waals surface area contributed by atoms with Gasteiger partial charge in [0.25, 0.3) is 5.91 Å². The highest BCUT2D eigenvalue weighted by atomic mass is 35.5. The van der Waals surface area contributed by atoms with Gasteiger partial charge in [-0.15, -0.1) is 0 Å². The lowest BCUT2D eigenvalue weighted by atomic mass is 9.97. The van der Waals surface area contributed by atoms with Crippen LogP contribution in [0.15, 0.2) is 18.2 Å². The van der Waals surface area contributed by atoms with Crippen molar-refractivity contribution in [1.82, 2.24) is 9.80 Å². The summed E-state index contributed by atoms with van der Waals surface area (Å²) in [6.07, 6.45) is 5.58. The maximum Gasteiger partial charge on any atom is 0.257 e. The number of ether oxygens (including phenoxy) is 1. The highest BCUT2D eigenvalue weighted by Gasteiger charge is 2.30. The van der Waals surface area contributed by atoms with E-state index in [1.54, 1.807) is 25.3 Å². The van der Waals surface area contributed by atoms with Crippen molar-refractivity contribution >= 4 is 23.4 Å². The molecule has 2 fully saturated rings. The molecule has 0 radical (unpaired) electrons. The molecular weight excluding hydrogens is 340 g/mol. The van der Waals surface area contributed by atoms with Crippen molar-refractivity contribution in [1.29, 1.82) is 0 Å². The SMILES string of the molecule is COc1cc(Cl)ccc1C(=O)N1CCCC[C@H]1CCN1CCCC1=O. The Morgan fingerprint density at radius 1 is 1.28 bits per heavy atom. The van der Waals surface area contributed by atoms with Crippen LogP contribution in [0.5, 0.6) is 5.75 Å². The predicted molar refractivity (Wildman–Crippen MR) is 97.1 cm³/mol. The summed E-state index contributed by atoms with van der Waals surface area (Å²) < 4.78 is 5.34. The molecule has 1 aromatic carbocycles. The largest absolute Gasteiger partial charge is 0.496 e. The summed E-state index contributed by atoms with van der Waals surface area (Å²) in [4.78, 5) is 28.8. The van der Waals surface area contributed by atoms with Crippen molar-refractivity contribution < 1.29 is 14.3 Å². The molecule has 0 aromatic heterocycles. The van der Waals surface area contributed by atoms with E-state index in [9.17, 15) is 9.59 Å². The third-order valence-electron chi connectivity index (χ3n) is 5.19. The first kappa shape index (κ1) is 18.1. The van der Waals surface area contributed by atoms with Crippen LogP contribution in [0.3, 0.4) is 0 Å². The molecule has 2 heterocycles. The zero-order valence-corrected chi connectivity index (χ0v) is 15.4. The fourth-order valence-corrected chi connectivity index (χ4v) is 3.97. The highest BCUT2D eigenvalue weighted by molar-refractivity contribution is 6.30. The van der Waals surface area contributed by atoms with Gasteiger partial charge in [-0.3, -0.25) is 9.59 Å². The molecular formula is C19H25ClN2O3. The molecule has 0 unspecified atom stereocenters. The van der Waals surface area contributed by atoms with Crippen LogP contribution in [0.4, 0.5) is 0 Å². The average Bonchev–Trinajstić information content (AvgIpc) is 3.04. The number of likely N-dealkylation sites (tertiary alicyclic amines) is 2. The van der Waals surface area contributed by atoms with Gasteiger partial charge in [-0.05, 0) is 50.3 Å². The van der Waals surface area contributed by atoms with E-state index in [2.05, 4.69) is 0 Å². The Hall–Kier alpha value is -1.75. The first-order valence-electron chi connectivity index (χ1n) is 9.02. The molecule has 0 N–H and O–H groups in total. The molecule has 0 aliphatic carbocycles. The lowest BCUT2D eigenvalue weighted by molar-refractivity contribution is -0.127. The molecule has 2 saturated heterocycles. The number of nitrogens with zero attached hydrogens (tertiary/aromatic N) is 2. The van der Waals surface area contributed by atoms with Gasteiger partial charge in [-0.1, -0.05) is 11.6 Å². The van der Waals surface area contributed by atoms with Crippen LogP contribution in [0.25, 0.3) is 0 Å². The first-order chi connectivity index (χ1) is 12.1. The molecule has 0 spiro atoms. The molecule has 1 atom stereocenters. The molecule has 25 heavy (non-hydrogen) atoms. The van der Waals surface area contributed by atoms with Gasteiger partial charge in [-0.25, -0.2) is 0 Å². The van der Waals surface area contributed by atoms with Crippen LogP contribution in [0, 0.1) is 0 Å². The maximum atomic E-state index is 13.1. The molecule has 2 aliphatic rings. The Balaban J connectivity index is 1.71. The van der Waals surface area contributed by atoms with Gasteiger partial charge in [0.15, 0.2) is 0 Å². The quantitative estimate of drug-likeness (QED) is 0.805. The first-order valence-corrected chi connectivity index (χ1v) is 9.40. The second kappa shape index (κ2) is 8.09. The number of benzene rings is 1. The minimum atomic E-state index is -0.00837. The van der Waals surface area contributed by atoms with Crippen molar-refractivity contribution in [2.24, 2.45) is 0 Å². The number of halogens is 1. The van der Waals surface area contributed by atoms with E-state index in [0.29, 0.717) is 22.8 Å². The van der Waals surface area contributed by atoms with Crippen molar-refractivity contribution in [3.05, 3.63) is 28.8 Å². The normalized spacial score (nSPS) is 20.9. The summed E-state index contributed by atoms with van der Waals surface area (Å²) in [5.74, 6) is 0.746. The van der Waals surface area contributed by atoms with E-state index < -0.39 is 0 Å². The predicted octanol–water partition coefficient (Wildman–Crippen LogP) is 3.36. The Kier molecular flexibility index (Phi) is 5.84. The zero-order valence-electron chi connectivity index (χ0n) is 14.7. The number of carbonyl (C=O) groups excluding carboxylic acids is 2. The van der Waals surface area contributed by atoms with E-state index in [1.165, 1.54) is 0 Å². The van der Waals surface area contributed by atoms with Gasteiger partial charge < -0.3 is 14.5 Å². The van der Waals surface area contributed by atoms with E-state index in [0.717, 1.165) is 51.7 Å². The van der Waals surface area contributed by atoms with Crippen LogP contribution >= 0.6 is 11.6 Å². The summed E-state index contributed by atoms with van der Waals surface area (Å²) in [6, 6.07) is 5.31. The molecule has 2 aliphatic heterocycles. The summed E-state index contributed by atoms with van der Waals surface area (Å²) >= 11 is 6.01. The van der Waals surface area contributed by atoms with Gasteiger partial charge in [0, 0.05) is 37.1 Å². The number of amides is 2. The van der Waals surface area contributed by atoms with Crippen molar-refractivity contribution in [2.45, 2.75) is 44.6 Å². The van der Waals surface area contributed by atoms with Crippen LogP contribution < -0.4 is 4.74 Å². The average molecular weight is 365 g/mol. The fraction of sp³-hybridized carbons (Fsp3) is 0.579. The summed E-state index contributed by atoms with van der Waals surface area (Å²) in [7, 11) is 1.55. The molecule has 0 saturated carbocycles. The lowest BCUT2D eigenvalue weighted by Gasteiger charge is -2.37. The van der Waals surface area contributed by atoms with Gasteiger partial charge >= 0.3 is 0 Å². The number of piperidine rings is 1. The molecule has 2 amide bonds. The summed E-state index contributed by atoms with van der Waals surface area (Å²) in [5, 5.41) is 0.552. The van der Waals surface area contributed by atoms with E-state index in [4.69, 9.17) is 16.3 Å². The van der Waals surface area contributed by atoms with E-state index >= 15 is 0 Å². The minimum Gasteiger partial charge on any atom is -0.496 e. The van der Waals surface area contributed by atoms with Crippen molar-refractivity contribution in [2.75, 3.05) is 26.7 Å². The van der Waals surface area contributed by atoms with Gasteiger partial charge in [-0.2, -0.15) is 0 Å². The number of carbonyl (C=O) groups is 2. The summed E-state index contributed by atoms with van der Waals surface area (Å²) in [6.45, 7) is 2.35. The molecule has 136 valence electrons. The monoisotopic (exact) mass is 364 g/mol. The van der Waals surface area contributed by atoms with Gasteiger partial charge in [0.05, 0.1) is 12.7 Å².